The van der Waals surface area contributed by atoms with Crippen molar-refractivity contribution in [2.75, 3.05) is 20.7 Å². The Morgan fingerprint density at radius 3 is 1.00 bits per heavy atom. The predicted molar refractivity (Wildman–Crippen MR) is 279 cm³/mol. The molecule has 0 rings (SSSR count). The van der Waals surface area contributed by atoms with Gasteiger partial charge in [0.15, 0.2) is 0 Å². The predicted octanol–water partition coefficient (Wildman–Crippen LogP) is 20.1. The van der Waals surface area contributed by atoms with Gasteiger partial charge < -0.3 is 4.74 Å². The molecule has 0 aliphatic carbocycles. The smallest absolute Gasteiger partial charge is 0.123 e. The highest BCUT2D eigenvalue weighted by molar-refractivity contribution is 4.94. The molecule has 0 heterocycles. The Kier molecular flexibility index (Phi) is 48.0. The standard InChI is InChI=1S/C59H109NO/c1-7-10-13-16-19-22-25-28-31-34-37-40-43-46-49-52-55-58(4)59(60(5)6,56-53-50-47-44-41-38-35-32-29-26-23-20-17-14-11-8-2)61-57-54-51-48-45-42-39-36-33-30-27-24-21-18-15-12-9-3/h19-24,28-33,58H,7-18,25-27,34-57H2,1-6H3/b22-19-,23-20-,24-21-,31-28-,32-29-,33-30-. The molecule has 0 aromatic heterocycles. The molecule has 0 spiro atoms. The highest BCUT2D eigenvalue weighted by Crippen LogP contribution is 2.35. The molecule has 2 atom stereocenters. The van der Waals surface area contributed by atoms with Crippen LogP contribution in [0.15, 0.2) is 72.9 Å². The molecule has 0 saturated carbocycles. The second kappa shape index (κ2) is 49.4. The second-order valence-corrected chi connectivity index (χ2v) is 18.8. The van der Waals surface area contributed by atoms with Crippen molar-refractivity contribution in [2.45, 2.75) is 277 Å². The minimum atomic E-state index is -0.136. The molecule has 0 aliphatic rings. The van der Waals surface area contributed by atoms with Crippen LogP contribution in [-0.2, 0) is 4.74 Å². The maximum Gasteiger partial charge on any atom is 0.123 e. The van der Waals surface area contributed by atoms with Crippen molar-refractivity contribution in [3.05, 3.63) is 72.9 Å². The fourth-order valence-corrected chi connectivity index (χ4v) is 8.62. The third kappa shape index (κ3) is 40.9. The van der Waals surface area contributed by atoms with Crippen molar-refractivity contribution < 1.29 is 4.74 Å². The lowest BCUT2D eigenvalue weighted by Crippen LogP contribution is -2.52. The number of unbranched alkanes of at least 4 members (excludes halogenated alkanes) is 27. The average Bonchev–Trinajstić information content (AvgIpc) is 3.26. The Morgan fingerprint density at radius 1 is 0.361 bits per heavy atom. The minimum absolute atomic E-state index is 0.136. The quantitative estimate of drug-likeness (QED) is 0.0344. The summed E-state index contributed by atoms with van der Waals surface area (Å²) in [7, 11) is 4.59. The van der Waals surface area contributed by atoms with Crippen LogP contribution in [0.2, 0.25) is 0 Å². The largest absolute Gasteiger partial charge is 0.360 e. The number of allylic oxidation sites excluding steroid dienone is 12. The van der Waals surface area contributed by atoms with E-state index in [2.05, 4.69) is 120 Å². The van der Waals surface area contributed by atoms with Crippen LogP contribution in [0.4, 0.5) is 0 Å². The van der Waals surface area contributed by atoms with Gasteiger partial charge in [-0.05, 0) is 142 Å². The number of rotatable bonds is 48. The lowest BCUT2D eigenvalue weighted by atomic mass is 9.86. The van der Waals surface area contributed by atoms with Gasteiger partial charge in [0.2, 0.25) is 0 Å². The molecule has 2 heteroatoms. The Labute approximate surface area is 385 Å². The average molecular weight is 849 g/mol. The van der Waals surface area contributed by atoms with Gasteiger partial charge in [0.1, 0.15) is 5.72 Å². The molecule has 0 N–H and O–H groups in total. The van der Waals surface area contributed by atoms with Crippen LogP contribution >= 0.6 is 0 Å². The van der Waals surface area contributed by atoms with E-state index in [1.165, 1.54) is 225 Å². The molecule has 0 radical (unpaired) electrons. The summed E-state index contributed by atoms with van der Waals surface area (Å²) >= 11 is 0. The van der Waals surface area contributed by atoms with Gasteiger partial charge in [0.05, 0.1) is 0 Å². The van der Waals surface area contributed by atoms with Crippen molar-refractivity contribution in [2.24, 2.45) is 5.92 Å². The molecule has 0 aromatic carbocycles. The second-order valence-electron chi connectivity index (χ2n) is 18.8. The molecule has 0 amide bonds. The van der Waals surface area contributed by atoms with Gasteiger partial charge in [0.25, 0.3) is 0 Å². The van der Waals surface area contributed by atoms with E-state index in [9.17, 15) is 0 Å². The first-order valence-electron chi connectivity index (χ1n) is 27.3. The van der Waals surface area contributed by atoms with Crippen LogP contribution in [0.1, 0.15) is 272 Å². The Morgan fingerprint density at radius 2 is 0.656 bits per heavy atom. The summed E-state index contributed by atoms with van der Waals surface area (Å²) in [5.41, 5.74) is -0.136. The van der Waals surface area contributed by atoms with Crippen LogP contribution in [0, 0.1) is 5.92 Å². The number of hydrogen-bond acceptors (Lipinski definition) is 2. The van der Waals surface area contributed by atoms with Crippen LogP contribution < -0.4 is 0 Å². The van der Waals surface area contributed by atoms with E-state index in [0.29, 0.717) is 5.92 Å². The van der Waals surface area contributed by atoms with Gasteiger partial charge in [-0.25, -0.2) is 0 Å². The van der Waals surface area contributed by atoms with Crippen LogP contribution in [0.5, 0.6) is 0 Å². The highest BCUT2D eigenvalue weighted by atomic mass is 16.5. The Bertz CT molecular complexity index is 1030. The third-order valence-corrected chi connectivity index (χ3v) is 12.8. The van der Waals surface area contributed by atoms with Crippen molar-refractivity contribution in [1.29, 1.82) is 0 Å². The van der Waals surface area contributed by atoms with E-state index in [-0.39, 0.29) is 5.72 Å². The summed E-state index contributed by atoms with van der Waals surface area (Å²) in [6.45, 7) is 10.2. The number of hydrogen-bond donors (Lipinski definition) is 0. The maximum atomic E-state index is 7.06. The van der Waals surface area contributed by atoms with Crippen LogP contribution in [0.25, 0.3) is 0 Å². The van der Waals surface area contributed by atoms with Gasteiger partial charge >= 0.3 is 0 Å². The molecule has 0 fully saturated rings. The van der Waals surface area contributed by atoms with Crippen LogP contribution in [-0.4, -0.2) is 31.3 Å². The van der Waals surface area contributed by atoms with E-state index in [4.69, 9.17) is 4.74 Å². The first-order chi connectivity index (χ1) is 30.0. The van der Waals surface area contributed by atoms with Crippen molar-refractivity contribution in [1.82, 2.24) is 4.90 Å². The first kappa shape index (κ1) is 59.4. The zero-order chi connectivity index (χ0) is 44.4. The van der Waals surface area contributed by atoms with Gasteiger partial charge in [-0.3, -0.25) is 4.90 Å². The van der Waals surface area contributed by atoms with Gasteiger partial charge in [-0.2, -0.15) is 0 Å². The van der Waals surface area contributed by atoms with E-state index in [1.54, 1.807) is 0 Å². The fraction of sp³-hybridized carbons (Fsp3) is 0.797. The minimum Gasteiger partial charge on any atom is -0.360 e. The summed E-state index contributed by atoms with van der Waals surface area (Å²) < 4.78 is 7.06. The van der Waals surface area contributed by atoms with E-state index >= 15 is 0 Å². The fourth-order valence-electron chi connectivity index (χ4n) is 8.62. The molecular weight excluding hydrogens is 739 g/mol. The highest BCUT2D eigenvalue weighted by Gasteiger charge is 2.38. The zero-order valence-electron chi connectivity index (χ0n) is 42.4. The molecule has 356 valence electrons. The molecule has 2 nitrogen and oxygen atoms in total. The Balaban J connectivity index is 4.62. The topological polar surface area (TPSA) is 12.5 Å². The van der Waals surface area contributed by atoms with Crippen molar-refractivity contribution in [3.63, 3.8) is 0 Å². The van der Waals surface area contributed by atoms with Gasteiger partial charge in [-0.15, -0.1) is 0 Å². The van der Waals surface area contributed by atoms with Crippen molar-refractivity contribution >= 4 is 0 Å². The molecule has 0 aliphatic heterocycles. The Hall–Kier alpha value is -1.64. The summed E-state index contributed by atoms with van der Waals surface area (Å²) in [5, 5.41) is 0. The lowest BCUT2D eigenvalue weighted by molar-refractivity contribution is -0.179. The van der Waals surface area contributed by atoms with E-state index in [0.717, 1.165) is 25.9 Å². The van der Waals surface area contributed by atoms with Crippen molar-refractivity contribution in [3.8, 4) is 0 Å². The third-order valence-electron chi connectivity index (χ3n) is 12.8. The summed E-state index contributed by atoms with van der Waals surface area (Å²) in [5.74, 6) is 0.552. The SMILES string of the molecule is CCCCC/C=C\C/C=C\CCCCCCCCOC(CCCCCCCC/C=C\C/C=C\CCCCC)(C(C)CCCCCCCC/C=C\C/C=C\CCCCC)N(C)C. The summed E-state index contributed by atoms with van der Waals surface area (Å²) in [6, 6.07) is 0. The van der Waals surface area contributed by atoms with E-state index in [1.807, 2.05) is 0 Å². The summed E-state index contributed by atoms with van der Waals surface area (Å²) in [4.78, 5) is 2.47. The molecular formula is C59H109NO. The lowest BCUT2D eigenvalue weighted by Gasteiger charge is -2.45. The molecule has 2 unspecified atom stereocenters. The molecule has 0 aromatic rings. The first-order valence-corrected chi connectivity index (χ1v) is 27.3. The normalized spacial score (nSPS) is 14.2. The molecule has 0 bridgehead atoms. The van der Waals surface area contributed by atoms with Gasteiger partial charge in [0, 0.05) is 6.61 Å². The van der Waals surface area contributed by atoms with Gasteiger partial charge in [-0.1, -0.05) is 223 Å². The number of nitrogens with zero attached hydrogens (tertiary/aromatic N) is 1. The monoisotopic (exact) mass is 848 g/mol. The molecule has 61 heavy (non-hydrogen) atoms. The summed E-state index contributed by atoms with van der Waals surface area (Å²) in [6.07, 6.45) is 77.8. The number of ether oxygens (including phenoxy) is 1. The zero-order valence-corrected chi connectivity index (χ0v) is 42.4. The van der Waals surface area contributed by atoms with E-state index < -0.39 is 0 Å². The maximum absolute atomic E-state index is 7.06. The van der Waals surface area contributed by atoms with Crippen LogP contribution in [0.3, 0.4) is 0 Å². The molecule has 0 saturated heterocycles.